The van der Waals surface area contributed by atoms with Gasteiger partial charge in [0.1, 0.15) is 0 Å². The Labute approximate surface area is 135 Å². The molecule has 5 heteroatoms. The summed E-state index contributed by atoms with van der Waals surface area (Å²) in [6.07, 6.45) is 2.14. The molecule has 23 heavy (non-hydrogen) atoms. The zero-order valence-electron chi connectivity index (χ0n) is 13.4. The van der Waals surface area contributed by atoms with Crippen molar-refractivity contribution in [3.63, 3.8) is 0 Å². The van der Waals surface area contributed by atoms with Crippen LogP contribution in [0.5, 0.6) is 0 Å². The molecule has 1 heterocycles. The lowest BCUT2D eigenvalue weighted by atomic mass is 10.1. The SMILES string of the molecule is CC(C)(CO)NC(=O)c1nn(-c2ccccc2)c2c1C[C@@H]1C[C@H]21. The van der Waals surface area contributed by atoms with Crippen LogP contribution in [-0.2, 0) is 6.42 Å². The quantitative estimate of drug-likeness (QED) is 0.908. The number of para-hydroxylation sites is 1. The van der Waals surface area contributed by atoms with Crippen LogP contribution in [0.25, 0.3) is 5.69 Å². The van der Waals surface area contributed by atoms with Gasteiger partial charge in [-0.1, -0.05) is 18.2 Å². The lowest BCUT2D eigenvalue weighted by Crippen LogP contribution is -2.46. The maximum Gasteiger partial charge on any atom is 0.272 e. The lowest BCUT2D eigenvalue weighted by molar-refractivity contribution is 0.0863. The number of aliphatic hydroxyl groups excluding tert-OH is 1. The van der Waals surface area contributed by atoms with E-state index in [9.17, 15) is 9.90 Å². The molecule has 0 aliphatic heterocycles. The highest BCUT2D eigenvalue weighted by Gasteiger charge is 2.50. The van der Waals surface area contributed by atoms with Crippen molar-refractivity contribution in [2.24, 2.45) is 5.92 Å². The molecule has 0 radical (unpaired) electrons. The minimum absolute atomic E-state index is 0.106. The van der Waals surface area contributed by atoms with Crippen LogP contribution in [0.4, 0.5) is 0 Å². The second-order valence-corrected chi connectivity index (χ2v) is 7.26. The summed E-state index contributed by atoms with van der Waals surface area (Å²) in [6, 6.07) is 9.98. The van der Waals surface area contributed by atoms with E-state index in [0.29, 0.717) is 17.5 Å². The van der Waals surface area contributed by atoms with Gasteiger partial charge in [0.2, 0.25) is 0 Å². The molecule has 120 valence electrons. The van der Waals surface area contributed by atoms with Gasteiger partial charge in [0.25, 0.3) is 5.91 Å². The third-order valence-electron chi connectivity index (χ3n) is 4.83. The van der Waals surface area contributed by atoms with Gasteiger partial charge < -0.3 is 10.4 Å². The van der Waals surface area contributed by atoms with Crippen LogP contribution >= 0.6 is 0 Å². The summed E-state index contributed by atoms with van der Waals surface area (Å²) in [7, 11) is 0. The molecule has 0 bridgehead atoms. The normalized spacial score (nSPS) is 21.7. The van der Waals surface area contributed by atoms with E-state index in [1.165, 1.54) is 12.1 Å². The van der Waals surface area contributed by atoms with Crippen LogP contribution in [-0.4, -0.2) is 32.9 Å². The van der Waals surface area contributed by atoms with Crippen molar-refractivity contribution in [1.82, 2.24) is 15.1 Å². The molecule has 2 aromatic rings. The largest absolute Gasteiger partial charge is 0.394 e. The van der Waals surface area contributed by atoms with Crippen LogP contribution in [0.3, 0.4) is 0 Å². The van der Waals surface area contributed by atoms with Crippen molar-refractivity contribution in [3.8, 4) is 5.69 Å². The summed E-state index contributed by atoms with van der Waals surface area (Å²) < 4.78 is 1.94. The van der Waals surface area contributed by atoms with Crippen molar-refractivity contribution in [2.45, 2.75) is 38.1 Å². The molecule has 2 N–H and O–H groups in total. The monoisotopic (exact) mass is 311 g/mol. The summed E-state index contributed by atoms with van der Waals surface area (Å²) in [4.78, 5) is 12.6. The molecule has 0 unspecified atom stereocenters. The van der Waals surface area contributed by atoms with E-state index >= 15 is 0 Å². The minimum atomic E-state index is -0.651. The van der Waals surface area contributed by atoms with Gasteiger partial charge in [0.15, 0.2) is 5.69 Å². The topological polar surface area (TPSA) is 67.2 Å². The fourth-order valence-corrected chi connectivity index (χ4v) is 3.47. The molecule has 1 aromatic heterocycles. The van der Waals surface area contributed by atoms with E-state index in [1.807, 2.05) is 35.0 Å². The van der Waals surface area contributed by atoms with Gasteiger partial charge in [-0.15, -0.1) is 0 Å². The lowest BCUT2D eigenvalue weighted by Gasteiger charge is -2.23. The van der Waals surface area contributed by atoms with Crippen LogP contribution in [0.15, 0.2) is 30.3 Å². The third-order valence-corrected chi connectivity index (χ3v) is 4.83. The van der Waals surface area contributed by atoms with Crippen LogP contribution < -0.4 is 5.32 Å². The zero-order chi connectivity index (χ0) is 16.2. The number of carbonyl (C=O) groups excluding carboxylic acids is 1. The first-order valence-corrected chi connectivity index (χ1v) is 8.11. The molecule has 4 rings (SSSR count). The molecule has 0 saturated heterocycles. The van der Waals surface area contributed by atoms with Gasteiger partial charge >= 0.3 is 0 Å². The van der Waals surface area contributed by atoms with E-state index in [2.05, 4.69) is 10.4 Å². The Morgan fingerprint density at radius 2 is 2.13 bits per heavy atom. The van der Waals surface area contributed by atoms with Crippen LogP contribution in [0.2, 0.25) is 0 Å². The molecule has 1 aromatic carbocycles. The zero-order valence-corrected chi connectivity index (χ0v) is 13.4. The Morgan fingerprint density at radius 3 is 2.83 bits per heavy atom. The summed E-state index contributed by atoms with van der Waals surface area (Å²) in [5.41, 5.74) is 3.14. The highest BCUT2D eigenvalue weighted by molar-refractivity contribution is 5.95. The van der Waals surface area contributed by atoms with Gasteiger partial charge in [-0.3, -0.25) is 4.79 Å². The number of amides is 1. The van der Waals surface area contributed by atoms with Crippen LogP contribution in [0.1, 0.15) is 47.9 Å². The molecule has 0 spiro atoms. The van der Waals surface area contributed by atoms with E-state index in [1.54, 1.807) is 13.8 Å². The fourth-order valence-electron chi connectivity index (χ4n) is 3.47. The number of nitrogens with zero attached hydrogens (tertiary/aromatic N) is 2. The first-order chi connectivity index (χ1) is 11.0. The summed E-state index contributed by atoms with van der Waals surface area (Å²) in [5, 5.41) is 16.9. The third kappa shape index (κ3) is 2.36. The number of hydrogen-bond acceptors (Lipinski definition) is 3. The predicted molar refractivity (Wildman–Crippen MR) is 86.7 cm³/mol. The molecule has 2 aliphatic carbocycles. The van der Waals surface area contributed by atoms with Gasteiger partial charge in [-0.2, -0.15) is 5.10 Å². The number of nitrogens with one attached hydrogen (secondary N) is 1. The Bertz CT molecular complexity index is 764. The molecule has 1 saturated carbocycles. The average Bonchev–Trinajstić information content (AvgIpc) is 3.04. The number of carbonyl (C=O) groups is 1. The summed E-state index contributed by atoms with van der Waals surface area (Å²) >= 11 is 0. The molecular weight excluding hydrogens is 290 g/mol. The summed E-state index contributed by atoms with van der Waals surface area (Å²) in [5.74, 6) is 1.02. The van der Waals surface area contributed by atoms with Crippen molar-refractivity contribution in [3.05, 3.63) is 47.3 Å². The number of aliphatic hydroxyl groups is 1. The highest BCUT2D eigenvalue weighted by atomic mass is 16.3. The predicted octanol–water partition coefficient (Wildman–Crippen LogP) is 2.03. The van der Waals surface area contributed by atoms with Crippen molar-refractivity contribution in [2.75, 3.05) is 6.61 Å². The van der Waals surface area contributed by atoms with Gasteiger partial charge in [0, 0.05) is 11.5 Å². The number of rotatable bonds is 4. The number of benzene rings is 1. The average molecular weight is 311 g/mol. The number of aromatic nitrogens is 2. The highest BCUT2D eigenvalue weighted by Crippen LogP contribution is 2.57. The Balaban J connectivity index is 1.75. The molecule has 1 amide bonds. The number of hydrogen-bond donors (Lipinski definition) is 2. The molecule has 2 aliphatic rings. The smallest absolute Gasteiger partial charge is 0.272 e. The van der Waals surface area contributed by atoms with E-state index < -0.39 is 5.54 Å². The van der Waals surface area contributed by atoms with Gasteiger partial charge in [0.05, 0.1) is 23.5 Å². The first-order valence-electron chi connectivity index (χ1n) is 8.11. The van der Waals surface area contributed by atoms with Gasteiger partial charge in [-0.05, 0) is 44.7 Å². The Hall–Kier alpha value is -2.14. The molecule has 2 atom stereocenters. The second-order valence-electron chi connectivity index (χ2n) is 7.26. The fraction of sp³-hybridized carbons (Fsp3) is 0.444. The van der Waals surface area contributed by atoms with Crippen molar-refractivity contribution < 1.29 is 9.90 Å². The molecule has 5 nitrogen and oxygen atoms in total. The molecular formula is C18H21N3O2. The van der Waals surface area contributed by atoms with Crippen molar-refractivity contribution in [1.29, 1.82) is 0 Å². The Morgan fingerprint density at radius 1 is 1.39 bits per heavy atom. The van der Waals surface area contributed by atoms with Gasteiger partial charge in [-0.25, -0.2) is 4.68 Å². The van der Waals surface area contributed by atoms with Crippen LogP contribution in [0, 0.1) is 5.92 Å². The maximum atomic E-state index is 12.6. The summed E-state index contributed by atoms with van der Waals surface area (Å²) in [6.45, 7) is 3.50. The van der Waals surface area contributed by atoms with Crippen molar-refractivity contribution >= 4 is 5.91 Å². The minimum Gasteiger partial charge on any atom is -0.394 e. The maximum absolute atomic E-state index is 12.6. The van der Waals surface area contributed by atoms with E-state index in [4.69, 9.17) is 0 Å². The standard InChI is InChI=1S/C18H21N3O2/c1-18(2,10-22)19-17(23)15-14-9-11-8-13(11)16(14)21(20-15)12-6-4-3-5-7-12/h3-7,11,13,22H,8-10H2,1-2H3,(H,19,23)/t11-,13-/m0/s1. The molecule has 1 fully saturated rings. The second kappa shape index (κ2) is 4.93. The van der Waals surface area contributed by atoms with E-state index in [0.717, 1.165) is 17.7 Å². The van der Waals surface area contributed by atoms with E-state index in [-0.39, 0.29) is 12.5 Å². The number of fused-ring (bicyclic) bond motifs is 3. The first kappa shape index (κ1) is 14.5. The Kier molecular flexibility index (Phi) is 3.10.